The molecule has 1 N–H and O–H groups in total. The van der Waals surface area contributed by atoms with Gasteiger partial charge in [0.1, 0.15) is 6.61 Å². The molecule has 0 amide bonds. The van der Waals surface area contributed by atoms with E-state index in [9.17, 15) is 9.59 Å². The van der Waals surface area contributed by atoms with Gasteiger partial charge in [0, 0.05) is 18.4 Å². The van der Waals surface area contributed by atoms with Crippen LogP contribution in [-0.4, -0.2) is 23.3 Å². The Kier molecular flexibility index (Phi) is 9.40. The van der Waals surface area contributed by atoms with E-state index in [0.29, 0.717) is 12.8 Å². The van der Waals surface area contributed by atoms with Gasteiger partial charge in [0.25, 0.3) is 0 Å². The predicted octanol–water partition coefficient (Wildman–Crippen LogP) is 4.11. The second kappa shape index (κ2) is 11.1. The molecule has 0 saturated carbocycles. The molecule has 1 aromatic rings. The van der Waals surface area contributed by atoms with Crippen LogP contribution in [0.1, 0.15) is 74.2 Å². The van der Waals surface area contributed by atoms with Gasteiger partial charge in [-0.3, -0.25) is 9.59 Å². The van der Waals surface area contributed by atoms with Crippen LogP contribution in [0.15, 0.2) is 24.3 Å². The summed E-state index contributed by atoms with van der Waals surface area (Å²) < 4.78 is 0. The molecule has 3 nitrogen and oxygen atoms in total. The van der Waals surface area contributed by atoms with Gasteiger partial charge in [-0.2, -0.15) is 0 Å². The lowest BCUT2D eigenvalue weighted by Crippen LogP contribution is -2.02. The maximum Gasteiger partial charge on any atom is 0.162 e. The molecular weight excluding hydrogens is 276 g/mol. The number of aryl methyl sites for hydroxylation is 1. The normalized spacial score (nSPS) is 10.6. The van der Waals surface area contributed by atoms with E-state index in [0.717, 1.165) is 50.5 Å². The number of Topliss-reactive ketones (excluding diaryl/α,β-unsaturated/α-hetero) is 2. The lowest BCUT2D eigenvalue weighted by atomic mass is 10.0. The molecule has 0 aliphatic carbocycles. The van der Waals surface area contributed by atoms with Crippen LogP contribution in [0.4, 0.5) is 0 Å². The number of aliphatic hydroxyl groups excluding tert-OH is 1. The Hall–Kier alpha value is -1.48. The summed E-state index contributed by atoms with van der Waals surface area (Å²) in [5, 5.41) is 8.60. The number of carbonyl (C=O) groups excluding carboxylic acids is 2. The average molecular weight is 304 g/mol. The molecule has 0 aliphatic heterocycles. The van der Waals surface area contributed by atoms with Gasteiger partial charge in [-0.15, -0.1) is 0 Å². The fourth-order valence-electron chi connectivity index (χ4n) is 2.51. The highest BCUT2D eigenvalue weighted by Gasteiger charge is 2.05. The highest BCUT2D eigenvalue weighted by molar-refractivity contribution is 5.96. The highest BCUT2D eigenvalue weighted by Crippen LogP contribution is 2.12. The summed E-state index contributed by atoms with van der Waals surface area (Å²) in [6.07, 6.45) is 8.06. The first-order chi connectivity index (χ1) is 10.7. The van der Waals surface area contributed by atoms with Crippen molar-refractivity contribution < 1.29 is 14.7 Å². The van der Waals surface area contributed by atoms with Crippen molar-refractivity contribution in [2.45, 2.75) is 64.7 Å². The summed E-state index contributed by atoms with van der Waals surface area (Å²) in [7, 11) is 0. The molecule has 0 atom stereocenters. The minimum atomic E-state index is -0.342. The standard InChI is InChI=1S/C19H28O3/c1-2-8-16-11-13-17(14-12-16)19(22)10-7-5-3-4-6-9-18(21)15-20/h11-14,20H,2-10,15H2,1H3. The molecule has 122 valence electrons. The van der Waals surface area contributed by atoms with E-state index in [1.807, 2.05) is 12.1 Å². The first-order valence-electron chi connectivity index (χ1n) is 8.42. The van der Waals surface area contributed by atoms with Gasteiger partial charge >= 0.3 is 0 Å². The summed E-state index contributed by atoms with van der Waals surface area (Å²) in [4.78, 5) is 23.0. The molecule has 0 aliphatic rings. The van der Waals surface area contributed by atoms with Crippen molar-refractivity contribution in [3.63, 3.8) is 0 Å². The highest BCUT2D eigenvalue weighted by atomic mass is 16.3. The van der Waals surface area contributed by atoms with E-state index in [1.54, 1.807) is 0 Å². The Morgan fingerprint density at radius 3 is 2.09 bits per heavy atom. The molecule has 0 saturated heterocycles. The number of hydrogen-bond donors (Lipinski definition) is 1. The molecule has 22 heavy (non-hydrogen) atoms. The summed E-state index contributed by atoms with van der Waals surface area (Å²) in [5.41, 5.74) is 2.10. The number of carbonyl (C=O) groups is 2. The Labute approximate surface area is 133 Å². The minimum Gasteiger partial charge on any atom is -0.389 e. The van der Waals surface area contributed by atoms with Crippen molar-refractivity contribution in [3.05, 3.63) is 35.4 Å². The molecular formula is C19H28O3. The van der Waals surface area contributed by atoms with Crippen LogP contribution < -0.4 is 0 Å². The summed E-state index contributed by atoms with van der Waals surface area (Å²) >= 11 is 0. The van der Waals surface area contributed by atoms with Crippen LogP contribution >= 0.6 is 0 Å². The van der Waals surface area contributed by atoms with Gasteiger partial charge < -0.3 is 5.11 Å². The van der Waals surface area contributed by atoms with E-state index in [2.05, 4.69) is 19.1 Å². The topological polar surface area (TPSA) is 54.4 Å². The summed E-state index contributed by atoms with van der Waals surface area (Å²) in [5.74, 6) is 0.139. The number of hydrogen-bond acceptors (Lipinski definition) is 3. The Morgan fingerprint density at radius 1 is 0.909 bits per heavy atom. The maximum absolute atomic E-state index is 12.1. The molecule has 0 radical (unpaired) electrons. The molecule has 0 spiro atoms. The number of rotatable bonds is 12. The molecule has 0 aromatic heterocycles. The third-order valence-electron chi connectivity index (χ3n) is 3.85. The third kappa shape index (κ3) is 7.51. The number of aliphatic hydroxyl groups is 1. The molecule has 0 bridgehead atoms. The molecule has 3 heteroatoms. The van der Waals surface area contributed by atoms with Gasteiger partial charge in [-0.25, -0.2) is 0 Å². The van der Waals surface area contributed by atoms with E-state index < -0.39 is 0 Å². The second-order valence-corrected chi connectivity index (χ2v) is 5.83. The number of ketones is 2. The lowest BCUT2D eigenvalue weighted by Gasteiger charge is -2.04. The maximum atomic E-state index is 12.1. The van der Waals surface area contributed by atoms with E-state index >= 15 is 0 Å². The van der Waals surface area contributed by atoms with E-state index in [-0.39, 0.29) is 18.2 Å². The third-order valence-corrected chi connectivity index (χ3v) is 3.85. The minimum absolute atomic E-state index is 0.0818. The second-order valence-electron chi connectivity index (χ2n) is 5.83. The van der Waals surface area contributed by atoms with Crippen LogP contribution in [0.2, 0.25) is 0 Å². The average Bonchev–Trinajstić information content (AvgIpc) is 2.54. The van der Waals surface area contributed by atoms with Crippen LogP contribution in [0.25, 0.3) is 0 Å². The Balaban J connectivity index is 2.14. The monoisotopic (exact) mass is 304 g/mol. The van der Waals surface area contributed by atoms with Crippen molar-refractivity contribution >= 4 is 11.6 Å². The molecule has 0 heterocycles. The quantitative estimate of drug-likeness (QED) is 0.467. The largest absolute Gasteiger partial charge is 0.389 e. The van der Waals surface area contributed by atoms with Crippen molar-refractivity contribution in [2.75, 3.05) is 6.61 Å². The molecule has 1 aromatic carbocycles. The van der Waals surface area contributed by atoms with Gasteiger partial charge in [0.2, 0.25) is 0 Å². The van der Waals surface area contributed by atoms with Crippen molar-refractivity contribution in [2.24, 2.45) is 0 Å². The fraction of sp³-hybridized carbons (Fsp3) is 0.579. The van der Waals surface area contributed by atoms with Crippen molar-refractivity contribution in [1.82, 2.24) is 0 Å². The SMILES string of the molecule is CCCc1ccc(C(=O)CCCCCCCC(=O)CO)cc1. The van der Waals surface area contributed by atoms with Gasteiger partial charge in [-0.05, 0) is 24.8 Å². The number of unbranched alkanes of at least 4 members (excludes halogenated alkanes) is 4. The first kappa shape index (κ1) is 18.6. The van der Waals surface area contributed by atoms with Crippen molar-refractivity contribution in [3.8, 4) is 0 Å². The van der Waals surface area contributed by atoms with Gasteiger partial charge in [0.15, 0.2) is 11.6 Å². The number of benzene rings is 1. The smallest absolute Gasteiger partial charge is 0.162 e. The summed E-state index contributed by atoms with van der Waals surface area (Å²) in [6, 6.07) is 7.98. The fourth-order valence-corrected chi connectivity index (χ4v) is 2.51. The zero-order valence-corrected chi connectivity index (χ0v) is 13.6. The van der Waals surface area contributed by atoms with E-state index in [1.165, 1.54) is 5.56 Å². The Morgan fingerprint density at radius 2 is 1.50 bits per heavy atom. The lowest BCUT2D eigenvalue weighted by molar-refractivity contribution is -0.121. The van der Waals surface area contributed by atoms with Crippen LogP contribution in [-0.2, 0) is 11.2 Å². The first-order valence-corrected chi connectivity index (χ1v) is 8.42. The van der Waals surface area contributed by atoms with E-state index in [4.69, 9.17) is 5.11 Å². The molecule has 0 fully saturated rings. The molecule has 0 unspecified atom stereocenters. The van der Waals surface area contributed by atoms with Crippen LogP contribution in [0.5, 0.6) is 0 Å². The predicted molar refractivity (Wildman–Crippen MR) is 89.2 cm³/mol. The van der Waals surface area contributed by atoms with Gasteiger partial charge in [0.05, 0.1) is 0 Å². The van der Waals surface area contributed by atoms with Crippen LogP contribution in [0.3, 0.4) is 0 Å². The molecule has 1 rings (SSSR count). The van der Waals surface area contributed by atoms with Crippen LogP contribution in [0, 0.1) is 0 Å². The van der Waals surface area contributed by atoms with Crippen molar-refractivity contribution in [1.29, 1.82) is 0 Å². The summed E-state index contributed by atoms with van der Waals surface area (Å²) in [6.45, 7) is 1.81. The Bertz CT molecular complexity index is 448. The zero-order valence-electron chi connectivity index (χ0n) is 13.6. The van der Waals surface area contributed by atoms with Gasteiger partial charge in [-0.1, -0.05) is 56.9 Å². The zero-order chi connectivity index (χ0) is 16.2.